The number of hydrogen-bond acceptors (Lipinski definition) is 7. The van der Waals surface area contributed by atoms with Crippen LogP contribution in [0, 0.1) is 28.6 Å². The smallest absolute Gasteiger partial charge is 0.331 e. The van der Waals surface area contributed by atoms with Crippen molar-refractivity contribution in [2.45, 2.75) is 88.4 Å². The third-order valence-electron chi connectivity index (χ3n) is 11.4. The number of carbonyl (C=O) groups excluding carboxylic acids is 1. The van der Waals surface area contributed by atoms with Gasteiger partial charge in [0.25, 0.3) is 0 Å². The largest absolute Gasteiger partial charge is 0.508 e. The molecule has 206 valence electrons. The number of aromatic hydroxyl groups is 1. The Morgan fingerprint density at radius 3 is 2.53 bits per heavy atom. The average molecular weight is 524 g/mol. The molecule has 0 aromatic heterocycles. The first-order valence-corrected chi connectivity index (χ1v) is 14.4. The van der Waals surface area contributed by atoms with Crippen LogP contribution in [0.2, 0.25) is 0 Å². The van der Waals surface area contributed by atoms with Crippen molar-refractivity contribution >= 4 is 12.2 Å². The van der Waals surface area contributed by atoms with Gasteiger partial charge in [-0.1, -0.05) is 19.1 Å². The van der Waals surface area contributed by atoms with Gasteiger partial charge in [0.2, 0.25) is 0 Å². The molecular formula is C31H41NO6. The van der Waals surface area contributed by atoms with Crippen LogP contribution in [0.4, 0.5) is 0 Å². The Morgan fingerprint density at radius 1 is 1.03 bits per heavy atom. The number of rotatable bonds is 5. The predicted octanol–water partition coefficient (Wildman–Crippen LogP) is 3.72. The minimum Gasteiger partial charge on any atom is -0.508 e. The minimum atomic E-state index is -1.04. The van der Waals surface area contributed by atoms with Crippen LogP contribution in [0.5, 0.6) is 5.75 Å². The molecule has 1 heterocycles. The summed E-state index contributed by atoms with van der Waals surface area (Å²) in [7, 11) is 0. The van der Waals surface area contributed by atoms with Crippen LogP contribution in [-0.2, 0) is 16.0 Å². The van der Waals surface area contributed by atoms with E-state index in [0.717, 1.165) is 43.2 Å². The second-order valence-electron chi connectivity index (χ2n) is 13.0. The summed E-state index contributed by atoms with van der Waals surface area (Å²) >= 11 is 0. The molecular weight excluding hydrogens is 482 g/mol. The summed E-state index contributed by atoms with van der Waals surface area (Å²) in [6, 6.07) is 7.17. The number of fused-ring (bicyclic) bond motifs is 5. The Kier molecular flexibility index (Phi) is 6.28. The van der Waals surface area contributed by atoms with Gasteiger partial charge in [-0.05, 0) is 98.8 Å². The van der Waals surface area contributed by atoms with Gasteiger partial charge >= 0.3 is 5.97 Å². The van der Waals surface area contributed by atoms with Gasteiger partial charge in [0, 0.05) is 36.1 Å². The van der Waals surface area contributed by atoms with Crippen molar-refractivity contribution in [3.05, 3.63) is 41.5 Å². The molecule has 0 amide bonds. The van der Waals surface area contributed by atoms with Crippen LogP contribution in [0.3, 0.4) is 0 Å². The van der Waals surface area contributed by atoms with Crippen molar-refractivity contribution in [3.63, 3.8) is 0 Å². The van der Waals surface area contributed by atoms with E-state index in [1.54, 1.807) is 18.2 Å². The van der Waals surface area contributed by atoms with E-state index in [1.807, 2.05) is 18.3 Å². The molecule has 4 aliphatic carbocycles. The third kappa shape index (κ3) is 3.80. The molecule has 7 nitrogen and oxygen atoms in total. The van der Waals surface area contributed by atoms with Crippen molar-refractivity contribution in [1.82, 2.24) is 0 Å². The first kappa shape index (κ1) is 26.0. The summed E-state index contributed by atoms with van der Waals surface area (Å²) < 4.78 is 5.25. The highest BCUT2D eigenvalue weighted by Gasteiger charge is 2.71. The number of nitrogens with zero attached hydrogens (tertiary/aromatic N) is 1. The van der Waals surface area contributed by atoms with Gasteiger partial charge in [0.1, 0.15) is 12.4 Å². The number of aliphatic imine (C=N–C) groups is 1. The van der Waals surface area contributed by atoms with Gasteiger partial charge in [-0.15, -0.1) is 0 Å². The van der Waals surface area contributed by atoms with Crippen LogP contribution in [0.15, 0.2) is 40.9 Å². The SMILES string of the molecule is CC12CC[C@H]3C(CCC4(O)CC(O)CCC34C=NCCc3ccc(O)cc3)C1(O)CCC2C1=CC(=O)OC1. The second-order valence-corrected chi connectivity index (χ2v) is 13.0. The Morgan fingerprint density at radius 2 is 1.79 bits per heavy atom. The average Bonchev–Trinajstić information content (AvgIpc) is 3.42. The maximum atomic E-state index is 12.5. The summed E-state index contributed by atoms with van der Waals surface area (Å²) in [4.78, 5) is 16.7. The van der Waals surface area contributed by atoms with Crippen LogP contribution in [-0.4, -0.2) is 63.1 Å². The van der Waals surface area contributed by atoms with Gasteiger partial charge in [0.05, 0.1) is 17.3 Å². The number of cyclic esters (lactones) is 1. The van der Waals surface area contributed by atoms with E-state index in [0.29, 0.717) is 45.3 Å². The molecule has 4 N–H and O–H groups in total. The molecule has 6 rings (SSSR count). The van der Waals surface area contributed by atoms with Crippen molar-refractivity contribution in [1.29, 1.82) is 0 Å². The Labute approximate surface area is 224 Å². The first-order chi connectivity index (χ1) is 18.1. The maximum Gasteiger partial charge on any atom is 0.331 e. The summed E-state index contributed by atoms with van der Waals surface area (Å²) in [5, 5.41) is 44.7. The van der Waals surface area contributed by atoms with Gasteiger partial charge in [0.15, 0.2) is 0 Å². The molecule has 7 heteroatoms. The number of benzene rings is 1. The molecule has 5 aliphatic rings. The summed E-state index contributed by atoms with van der Waals surface area (Å²) in [6.07, 6.45) is 10.0. The van der Waals surface area contributed by atoms with Gasteiger partial charge in [-0.25, -0.2) is 4.79 Å². The normalized spacial score (nSPS) is 44.3. The van der Waals surface area contributed by atoms with Crippen LogP contribution in [0.1, 0.15) is 70.3 Å². The Bertz CT molecular complexity index is 1150. The van der Waals surface area contributed by atoms with Gasteiger partial charge in [-0.2, -0.15) is 0 Å². The molecule has 4 saturated carbocycles. The van der Waals surface area contributed by atoms with E-state index in [9.17, 15) is 25.2 Å². The molecule has 7 unspecified atom stereocenters. The predicted molar refractivity (Wildman–Crippen MR) is 143 cm³/mol. The Balaban J connectivity index is 1.30. The number of hydrogen-bond donors (Lipinski definition) is 4. The highest BCUT2D eigenvalue weighted by molar-refractivity contribution is 5.85. The van der Waals surface area contributed by atoms with Crippen molar-refractivity contribution in [2.24, 2.45) is 33.6 Å². The lowest BCUT2D eigenvalue weighted by Gasteiger charge is -2.65. The number of aliphatic hydroxyl groups is 3. The van der Waals surface area contributed by atoms with E-state index in [4.69, 9.17) is 9.73 Å². The summed E-state index contributed by atoms with van der Waals surface area (Å²) in [5.41, 5.74) is -0.719. The second kappa shape index (κ2) is 9.17. The number of carbonyl (C=O) groups is 1. The molecule has 0 radical (unpaired) electrons. The van der Waals surface area contributed by atoms with E-state index in [1.165, 1.54) is 0 Å². The molecule has 1 aliphatic heterocycles. The Hall–Kier alpha value is -2.22. The molecule has 0 saturated heterocycles. The number of ether oxygens (including phenoxy) is 1. The van der Waals surface area contributed by atoms with E-state index in [2.05, 4.69) is 6.92 Å². The summed E-state index contributed by atoms with van der Waals surface area (Å²) in [5.74, 6) is 0.208. The highest BCUT2D eigenvalue weighted by atomic mass is 16.5. The quantitative estimate of drug-likeness (QED) is 0.345. The van der Waals surface area contributed by atoms with Gasteiger partial charge in [-0.3, -0.25) is 4.99 Å². The minimum absolute atomic E-state index is 0.0314. The highest BCUT2D eigenvalue weighted by Crippen LogP contribution is 2.70. The molecule has 4 fully saturated rings. The number of phenols is 1. The molecule has 8 atom stereocenters. The first-order valence-electron chi connectivity index (χ1n) is 14.4. The number of esters is 1. The number of phenolic OH excluding ortho intramolecular Hbond substituents is 1. The fraction of sp³-hybridized carbons (Fsp3) is 0.677. The molecule has 0 bridgehead atoms. The standard InChI is InChI=1S/C31H41NO6/c1-28-11-7-25-26(31(28,37)14-9-24(28)21-16-27(35)38-18-21)8-13-30(36)17-23(34)6-12-29(25,30)19-32-15-10-20-2-4-22(33)5-3-20/h2-5,16,19,23-26,33-34,36-37H,6-15,17-18H2,1H3/t23?,24?,25-,26?,28?,29?,30?,31?/m0/s1. The van der Waals surface area contributed by atoms with Crippen LogP contribution >= 0.6 is 0 Å². The van der Waals surface area contributed by atoms with Crippen molar-refractivity contribution < 1.29 is 30.0 Å². The third-order valence-corrected chi connectivity index (χ3v) is 11.4. The van der Waals surface area contributed by atoms with Gasteiger partial charge < -0.3 is 25.2 Å². The number of aliphatic hydroxyl groups excluding tert-OH is 1. The lowest BCUT2D eigenvalue weighted by atomic mass is 9.41. The van der Waals surface area contributed by atoms with Crippen LogP contribution < -0.4 is 0 Å². The zero-order valence-corrected chi connectivity index (χ0v) is 22.3. The van der Waals surface area contributed by atoms with Crippen molar-refractivity contribution in [2.75, 3.05) is 13.2 Å². The topological polar surface area (TPSA) is 120 Å². The van der Waals surface area contributed by atoms with E-state index < -0.39 is 22.7 Å². The fourth-order valence-corrected chi connectivity index (χ4v) is 9.44. The molecule has 0 spiro atoms. The zero-order chi connectivity index (χ0) is 26.8. The molecule has 1 aromatic carbocycles. The summed E-state index contributed by atoms with van der Waals surface area (Å²) in [6.45, 7) is 3.11. The molecule has 1 aromatic rings. The van der Waals surface area contributed by atoms with E-state index >= 15 is 0 Å². The fourth-order valence-electron chi connectivity index (χ4n) is 9.44. The molecule has 38 heavy (non-hydrogen) atoms. The monoisotopic (exact) mass is 523 g/mol. The lowest BCUT2D eigenvalue weighted by molar-refractivity contribution is -0.237. The van der Waals surface area contributed by atoms with Crippen LogP contribution in [0.25, 0.3) is 0 Å². The van der Waals surface area contributed by atoms with E-state index in [-0.39, 0.29) is 34.9 Å². The lowest BCUT2D eigenvalue weighted by Crippen LogP contribution is -2.68. The zero-order valence-electron chi connectivity index (χ0n) is 22.3. The maximum absolute atomic E-state index is 12.5. The van der Waals surface area contributed by atoms with Crippen molar-refractivity contribution in [3.8, 4) is 5.75 Å².